The summed E-state index contributed by atoms with van der Waals surface area (Å²) in [5.74, 6) is -0.450. The van der Waals surface area contributed by atoms with Gasteiger partial charge in [-0.3, -0.25) is 9.59 Å². The molecule has 0 fully saturated rings. The highest BCUT2D eigenvalue weighted by Gasteiger charge is 2.17. The average molecular weight is 859 g/mol. The van der Waals surface area contributed by atoms with Crippen molar-refractivity contribution in [1.82, 2.24) is 0 Å². The van der Waals surface area contributed by atoms with Crippen molar-refractivity contribution in [2.45, 2.75) is 219 Å². The Morgan fingerprint density at radius 1 is 0.371 bits per heavy atom. The van der Waals surface area contributed by atoms with Gasteiger partial charge in [0.2, 0.25) is 0 Å². The number of ether oxygens (including phenoxy) is 3. The highest BCUT2D eigenvalue weighted by Crippen LogP contribution is 2.13. The summed E-state index contributed by atoms with van der Waals surface area (Å²) in [6, 6.07) is 0. The molecular formula is C57H94O5. The second kappa shape index (κ2) is 51.9. The Morgan fingerprint density at radius 2 is 0.726 bits per heavy atom. The van der Waals surface area contributed by atoms with Gasteiger partial charge in [-0.2, -0.15) is 0 Å². The van der Waals surface area contributed by atoms with Crippen LogP contribution in [-0.4, -0.2) is 37.9 Å². The summed E-state index contributed by atoms with van der Waals surface area (Å²) in [5, 5.41) is 0. The molecule has 5 heteroatoms. The zero-order chi connectivity index (χ0) is 44.9. The van der Waals surface area contributed by atoms with Crippen LogP contribution in [0.25, 0.3) is 0 Å². The lowest BCUT2D eigenvalue weighted by Gasteiger charge is -2.18. The zero-order valence-corrected chi connectivity index (χ0v) is 40.3. The van der Waals surface area contributed by atoms with E-state index in [2.05, 4.69) is 130 Å². The first-order valence-corrected chi connectivity index (χ1v) is 25.4. The average Bonchev–Trinajstić information content (AvgIpc) is 3.27. The molecule has 0 amide bonds. The minimum Gasteiger partial charge on any atom is -0.462 e. The van der Waals surface area contributed by atoms with E-state index in [1.807, 2.05) is 0 Å². The molecule has 0 aromatic rings. The van der Waals surface area contributed by atoms with Crippen LogP contribution in [0.3, 0.4) is 0 Å². The number of rotatable bonds is 45. The molecule has 0 aromatic heterocycles. The van der Waals surface area contributed by atoms with E-state index in [1.54, 1.807) is 0 Å². The Balaban J connectivity index is 4.36. The SMILES string of the molecule is CC/C=C\C/C=C\C/C=C\C/C=C\C/C=C\CCCCOCC(COC(=O)CCCCCCCCC/C=C\C/C=C\C/C=C\CC)OC(=O)CCCCCCC/C=C\CCCC. The fourth-order valence-electron chi connectivity index (χ4n) is 6.53. The molecule has 0 aromatic carbocycles. The van der Waals surface area contributed by atoms with Gasteiger partial charge in [0.25, 0.3) is 0 Å². The summed E-state index contributed by atoms with van der Waals surface area (Å²) in [5.41, 5.74) is 0. The molecule has 0 radical (unpaired) electrons. The van der Waals surface area contributed by atoms with Crippen LogP contribution in [-0.2, 0) is 23.8 Å². The maximum absolute atomic E-state index is 12.8. The fraction of sp³-hybridized carbons (Fsp3) is 0.649. The van der Waals surface area contributed by atoms with Gasteiger partial charge >= 0.3 is 11.9 Å². The number of hydrogen-bond donors (Lipinski definition) is 0. The Hall–Kier alpha value is -3.44. The van der Waals surface area contributed by atoms with Crippen LogP contribution in [0.1, 0.15) is 213 Å². The zero-order valence-electron chi connectivity index (χ0n) is 40.3. The van der Waals surface area contributed by atoms with Crippen molar-refractivity contribution >= 4 is 11.9 Å². The van der Waals surface area contributed by atoms with Crippen molar-refractivity contribution in [3.63, 3.8) is 0 Å². The number of unbranched alkanes of at least 4 members (excludes halogenated alkanes) is 16. The second-order valence-electron chi connectivity index (χ2n) is 16.3. The molecule has 0 rings (SSSR count). The van der Waals surface area contributed by atoms with Crippen molar-refractivity contribution in [3.8, 4) is 0 Å². The molecule has 0 saturated heterocycles. The summed E-state index contributed by atoms with van der Waals surface area (Å²) in [6.07, 6.45) is 71.0. The van der Waals surface area contributed by atoms with Gasteiger partial charge in [0.15, 0.2) is 6.10 Å². The van der Waals surface area contributed by atoms with Crippen molar-refractivity contribution in [2.75, 3.05) is 19.8 Å². The van der Waals surface area contributed by atoms with E-state index < -0.39 is 6.10 Å². The van der Waals surface area contributed by atoms with E-state index in [9.17, 15) is 9.59 Å². The molecule has 1 unspecified atom stereocenters. The highest BCUT2D eigenvalue weighted by molar-refractivity contribution is 5.70. The van der Waals surface area contributed by atoms with Crippen LogP contribution in [0, 0.1) is 0 Å². The van der Waals surface area contributed by atoms with E-state index in [0.717, 1.165) is 122 Å². The van der Waals surface area contributed by atoms with Crippen molar-refractivity contribution < 1.29 is 23.8 Å². The first-order chi connectivity index (χ1) is 30.6. The number of esters is 2. The van der Waals surface area contributed by atoms with Gasteiger partial charge in [-0.05, 0) is 116 Å². The molecule has 62 heavy (non-hydrogen) atoms. The van der Waals surface area contributed by atoms with Crippen molar-refractivity contribution in [1.29, 1.82) is 0 Å². The van der Waals surface area contributed by atoms with E-state index in [0.29, 0.717) is 19.4 Å². The molecule has 0 aliphatic rings. The van der Waals surface area contributed by atoms with E-state index in [-0.39, 0.29) is 25.2 Å². The summed E-state index contributed by atoms with van der Waals surface area (Å²) >= 11 is 0. The van der Waals surface area contributed by atoms with Crippen LogP contribution in [0.2, 0.25) is 0 Å². The third-order valence-electron chi connectivity index (χ3n) is 10.3. The molecule has 0 saturated carbocycles. The maximum Gasteiger partial charge on any atom is 0.306 e. The molecule has 0 heterocycles. The van der Waals surface area contributed by atoms with E-state index in [1.165, 1.54) is 57.8 Å². The van der Waals surface area contributed by atoms with Crippen molar-refractivity contribution in [3.05, 3.63) is 109 Å². The monoisotopic (exact) mass is 859 g/mol. The fourth-order valence-corrected chi connectivity index (χ4v) is 6.53. The largest absolute Gasteiger partial charge is 0.462 e. The highest BCUT2D eigenvalue weighted by atomic mass is 16.6. The molecule has 0 aliphatic carbocycles. The van der Waals surface area contributed by atoms with Crippen LogP contribution < -0.4 is 0 Å². The molecule has 0 bridgehead atoms. The lowest BCUT2D eigenvalue weighted by Crippen LogP contribution is -2.30. The molecule has 5 nitrogen and oxygen atoms in total. The first kappa shape index (κ1) is 58.6. The molecule has 1 atom stereocenters. The lowest BCUT2D eigenvalue weighted by molar-refractivity contribution is -0.163. The van der Waals surface area contributed by atoms with Crippen LogP contribution in [0.5, 0.6) is 0 Å². The number of carbonyl (C=O) groups is 2. The molecule has 0 spiro atoms. The molecular weight excluding hydrogens is 765 g/mol. The van der Waals surface area contributed by atoms with E-state index >= 15 is 0 Å². The van der Waals surface area contributed by atoms with Crippen LogP contribution >= 0.6 is 0 Å². The summed E-state index contributed by atoms with van der Waals surface area (Å²) < 4.78 is 17.3. The number of allylic oxidation sites excluding steroid dienone is 18. The smallest absolute Gasteiger partial charge is 0.306 e. The predicted octanol–water partition coefficient (Wildman–Crippen LogP) is 17.2. The Kier molecular flexibility index (Phi) is 49.0. The van der Waals surface area contributed by atoms with Crippen molar-refractivity contribution in [2.24, 2.45) is 0 Å². The minimum atomic E-state index is -0.573. The molecule has 0 N–H and O–H groups in total. The Labute approximate surface area is 383 Å². The summed E-state index contributed by atoms with van der Waals surface area (Å²) in [4.78, 5) is 25.4. The topological polar surface area (TPSA) is 61.8 Å². The predicted molar refractivity (Wildman–Crippen MR) is 269 cm³/mol. The van der Waals surface area contributed by atoms with Gasteiger partial charge in [0.05, 0.1) is 6.61 Å². The molecule has 0 aliphatic heterocycles. The van der Waals surface area contributed by atoms with Gasteiger partial charge in [-0.1, -0.05) is 194 Å². The van der Waals surface area contributed by atoms with Crippen LogP contribution in [0.15, 0.2) is 109 Å². The van der Waals surface area contributed by atoms with Gasteiger partial charge in [0, 0.05) is 19.4 Å². The lowest BCUT2D eigenvalue weighted by atomic mass is 10.1. The number of carbonyl (C=O) groups excluding carboxylic acids is 2. The minimum absolute atomic E-state index is 0.0530. The van der Waals surface area contributed by atoms with Crippen LogP contribution in [0.4, 0.5) is 0 Å². The maximum atomic E-state index is 12.8. The molecule has 352 valence electrons. The summed E-state index contributed by atoms with van der Waals surface area (Å²) in [6.45, 7) is 7.44. The van der Waals surface area contributed by atoms with Gasteiger partial charge < -0.3 is 14.2 Å². The Bertz CT molecular complexity index is 1250. The second-order valence-corrected chi connectivity index (χ2v) is 16.3. The third kappa shape index (κ3) is 49.2. The quantitative estimate of drug-likeness (QED) is 0.0347. The number of hydrogen-bond acceptors (Lipinski definition) is 5. The Morgan fingerprint density at radius 3 is 1.18 bits per heavy atom. The standard InChI is InChI=1S/C57H94O5/c1-4-7-10-13-16-19-22-24-26-28-30-32-34-37-40-43-46-49-52-60-53-55(62-57(59)51-48-45-42-39-35-21-18-15-12-9-6-3)54-61-56(58)50-47-44-41-38-36-33-31-29-27-25-23-20-17-14-11-8-5-2/h7-8,10-11,15-20,24-27,30,32,37,40,55H,4-6,9,12-14,21-23,28-29,31,33-36,38-39,41-54H2,1-3H3/b10-7-,11-8-,18-15-,19-16-,20-17-,26-24-,27-25-,32-30-,40-37-. The first-order valence-electron chi connectivity index (χ1n) is 25.4. The van der Waals surface area contributed by atoms with E-state index in [4.69, 9.17) is 14.2 Å². The van der Waals surface area contributed by atoms with Gasteiger partial charge in [0.1, 0.15) is 6.61 Å². The third-order valence-corrected chi connectivity index (χ3v) is 10.3. The summed E-state index contributed by atoms with van der Waals surface area (Å²) in [7, 11) is 0. The van der Waals surface area contributed by atoms with Gasteiger partial charge in [-0.25, -0.2) is 0 Å². The normalized spacial score (nSPS) is 13.1. The van der Waals surface area contributed by atoms with Gasteiger partial charge in [-0.15, -0.1) is 0 Å².